The van der Waals surface area contributed by atoms with Gasteiger partial charge in [-0.25, -0.2) is 4.98 Å². The SMILES string of the molecule is [2H]c1c([2H])c([2H])c(-c2ccnc(-c3cc(-c4cccc5c4nc(-c4cc(C(C)C)cc(C(C)C)c4O)n5-c4ccc(-c5cc(C(C)(C)C)cc(C(C)(C)C)c5)cc4C([2H])([2H])[2H])cc(C(C)(C)C)c3)c2)c([2H])c1[2H]. The molecule has 2 aromatic heterocycles. The second-order valence-corrected chi connectivity index (χ2v) is 21.3. The monoisotopic (exact) mass is 866 g/mol. The molecule has 65 heavy (non-hydrogen) atoms. The van der Waals surface area contributed by atoms with E-state index in [1.165, 1.54) is 0 Å². The highest BCUT2D eigenvalue weighted by atomic mass is 16.3. The topological polar surface area (TPSA) is 50.9 Å². The molecule has 332 valence electrons. The number of pyridine rings is 1. The van der Waals surface area contributed by atoms with Crippen molar-refractivity contribution in [3.05, 3.63) is 167 Å². The highest BCUT2D eigenvalue weighted by Crippen LogP contribution is 2.44. The van der Waals surface area contributed by atoms with Crippen molar-refractivity contribution < 1.29 is 16.1 Å². The maximum absolute atomic E-state index is 12.4. The van der Waals surface area contributed by atoms with Crippen LogP contribution in [0.1, 0.15) is 146 Å². The van der Waals surface area contributed by atoms with Gasteiger partial charge in [-0.1, -0.05) is 169 Å². The summed E-state index contributed by atoms with van der Waals surface area (Å²) in [5, 5.41) is 12.4. The molecule has 0 spiro atoms. The van der Waals surface area contributed by atoms with Crippen molar-refractivity contribution in [1.82, 2.24) is 14.5 Å². The first-order valence-corrected chi connectivity index (χ1v) is 22.8. The maximum Gasteiger partial charge on any atom is 0.149 e. The van der Waals surface area contributed by atoms with Gasteiger partial charge in [-0.15, -0.1) is 0 Å². The lowest BCUT2D eigenvalue weighted by Gasteiger charge is -2.26. The van der Waals surface area contributed by atoms with E-state index in [1.54, 1.807) is 24.4 Å². The number of phenolic OH excluding ortho intramolecular Hbond substituents is 1. The minimum absolute atomic E-state index is 0.0314. The number of nitrogens with zero attached hydrogens (tertiary/aromatic N) is 3. The summed E-state index contributed by atoms with van der Waals surface area (Å²) < 4.78 is 71.6. The Labute approximate surface area is 399 Å². The van der Waals surface area contributed by atoms with Gasteiger partial charge in [0.1, 0.15) is 11.6 Å². The van der Waals surface area contributed by atoms with Crippen LogP contribution in [0.15, 0.2) is 133 Å². The summed E-state index contributed by atoms with van der Waals surface area (Å²) in [6.45, 7) is 25.2. The Morgan fingerprint density at radius 3 is 1.85 bits per heavy atom. The van der Waals surface area contributed by atoms with E-state index in [4.69, 9.17) is 20.9 Å². The lowest BCUT2D eigenvalue weighted by atomic mass is 9.79. The van der Waals surface area contributed by atoms with E-state index >= 15 is 0 Å². The van der Waals surface area contributed by atoms with Crippen molar-refractivity contribution in [3.63, 3.8) is 0 Å². The van der Waals surface area contributed by atoms with E-state index in [-0.39, 0.29) is 57.0 Å². The lowest BCUT2D eigenvalue weighted by Crippen LogP contribution is -2.16. The minimum atomic E-state index is -2.57. The van der Waals surface area contributed by atoms with Gasteiger partial charge < -0.3 is 5.11 Å². The summed E-state index contributed by atoms with van der Waals surface area (Å²) in [4.78, 5) is 10.3. The van der Waals surface area contributed by atoms with Crippen molar-refractivity contribution in [2.45, 2.75) is 125 Å². The third kappa shape index (κ3) is 9.06. The van der Waals surface area contributed by atoms with Crippen LogP contribution in [0.5, 0.6) is 5.75 Å². The number of benzene rings is 6. The van der Waals surface area contributed by atoms with Crippen LogP contribution in [0.2, 0.25) is 0 Å². The second-order valence-electron chi connectivity index (χ2n) is 21.3. The average molecular weight is 866 g/mol. The van der Waals surface area contributed by atoms with Crippen LogP contribution in [0.3, 0.4) is 0 Å². The van der Waals surface area contributed by atoms with Gasteiger partial charge >= 0.3 is 0 Å². The van der Waals surface area contributed by atoms with Crippen LogP contribution in [-0.4, -0.2) is 19.6 Å². The molecule has 0 aliphatic rings. The van der Waals surface area contributed by atoms with Crippen LogP contribution >= 0.6 is 0 Å². The predicted octanol–water partition coefficient (Wildman–Crippen LogP) is 16.9. The summed E-state index contributed by atoms with van der Waals surface area (Å²) in [6.07, 6.45) is 1.59. The highest BCUT2D eigenvalue weighted by molar-refractivity contribution is 5.97. The molecule has 4 nitrogen and oxygen atoms in total. The molecule has 8 rings (SSSR count). The van der Waals surface area contributed by atoms with Crippen molar-refractivity contribution in [2.24, 2.45) is 0 Å². The Balaban J connectivity index is 1.43. The van der Waals surface area contributed by atoms with E-state index < -0.39 is 25.0 Å². The van der Waals surface area contributed by atoms with E-state index in [1.807, 2.05) is 66.9 Å². The third-order valence-corrected chi connectivity index (χ3v) is 12.6. The standard InChI is InChI=1S/C61H67N3O/c1-37(2)43-33-51(38(3)4)57(65)52(34-43)58-63-56-50(45-28-46(32-47(31-45)59(6,7)8)53-35-42(25-26-62-53)40-19-16-15-17-20-40)21-18-22-55(56)64(58)54-24-23-41(27-39(54)5)44-29-48(60(9,10)11)36-49(30-44)61(12,13)14/h15-38,65H,1-14H3/i5D3,15D,16D,17D,19D,20D. The highest BCUT2D eigenvalue weighted by Gasteiger charge is 2.26. The van der Waals surface area contributed by atoms with E-state index in [0.29, 0.717) is 39.4 Å². The van der Waals surface area contributed by atoms with Crippen molar-refractivity contribution in [2.75, 3.05) is 0 Å². The molecule has 0 amide bonds. The summed E-state index contributed by atoms with van der Waals surface area (Å²) in [7, 11) is 0. The number of hydrogen-bond acceptors (Lipinski definition) is 3. The Hall–Kier alpha value is -6.26. The van der Waals surface area contributed by atoms with Crippen LogP contribution in [0.4, 0.5) is 0 Å². The molecule has 0 fully saturated rings. The molecule has 0 atom stereocenters. The number of aryl methyl sites for hydroxylation is 1. The van der Waals surface area contributed by atoms with E-state index in [2.05, 4.69) is 106 Å². The van der Waals surface area contributed by atoms with Crippen molar-refractivity contribution in [3.8, 4) is 67.5 Å². The predicted molar refractivity (Wildman–Crippen MR) is 277 cm³/mol. The van der Waals surface area contributed by atoms with Gasteiger partial charge in [-0.2, -0.15) is 0 Å². The Morgan fingerprint density at radius 1 is 0.585 bits per heavy atom. The average Bonchev–Trinajstić information content (AvgIpc) is 3.70. The van der Waals surface area contributed by atoms with Gasteiger partial charge in [0.2, 0.25) is 0 Å². The molecular formula is C61H67N3O. The zero-order chi connectivity index (χ0) is 53.6. The Bertz CT molecular complexity index is 3410. The summed E-state index contributed by atoms with van der Waals surface area (Å²) >= 11 is 0. The molecule has 0 bridgehead atoms. The molecular weight excluding hydrogens is 791 g/mol. The van der Waals surface area contributed by atoms with Gasteiger partial charge in [0.15, 0.2) is 0 Å². The molecule has 8 aromatic rings. The number of rotatable bonds is 8. The Morgan fingerprint density at radius 2 is 1.22 bits per heavy atom. The summed E-state index contributed by atoms with van der Waals surface area (Å²) in [5.74, 6) is 0.555. The van der Waals surface area contributed by atoms with Crippen molar-refractivity contribution >= 4 is 11.0 Å². The summed E-state index contributed by atoms with van der Waals surface area (Å²) in [5.41, 5.74) is 11.8. The largest absolute Gasteiger partial charge is 0.507 e. The van der Waals surface area contributed by atoms with Gasteiger partial charge in [0, 0.05) is 21.4 Å². The fourth-order valence-electron chi connectivity index (χ4n) is 8.45. The van der Waals surface area contributed by atoms with Crippen molar-refractivity contribution in [1.29, 1.82) is 0 Å². The smallest absolute Gasteiger partial charge is 0.149 e. The fourth-order valence-corrected chi connectivity index (χ4v) is 8.45. The van der Waals surface area contributed by atoms with Gasteiger partial charge in [0.25, 0.3) is 0 Å². The zero-order valence-electron chi connectivity index (χ0n) is 48.3. The molecule has 0 aliphatic heterocycles. The third-order valence-electron chi connectivity index (χ3n) is 12.6. The quantitative estimate of drug-likeness (QED) is 0.166. The molecule has 0 radical (unpaired) electrons. The number of phenols is 1. The minimum Gasteiger partial charge on any atom is -0.507 e. The van der Waals surface area contributed by atoms with E-state index in [9.17, 15) is 5.11 Å². The van der Waals surface area contributed by atoms with Gasteiger partial charge in [0.05, 0.1) is 34.8 Å². The molecule has 1 N–H and O–H groups in total. The molecule has 0 unspecified atom stereocenters. The molecule has 2 heterocycles. The number of hydrogen-bond donors (Lipinski definition) is 1. The molecule has 4 heteroatoms. The first kappa shape index (κ1) is 36.0. The zero-order valence-corrected chi connectivity index (χ0v) is 40.3. The van der Waals surface area contributed by atoms with Gasteiger partial charge in [-0.05, 0) is 145 Å². The van der Waals surface area contributed by atoms with Crippen LogP contribution in [0, 0.1) is 6.85 Å². The number of para-hydroxylation sites is 1. The number of imidazole rings is 1. The fraction of sp³-hybridized carbons (Fsp3) is 0.311. The summed E-state index contributed by atoms with van der Waals surface area (Å²) in [6, 6.07) is 29.9. The van der Waals surface area contributed by atoms with Crippen LogP contribution in [-0.2, 0) is 16.2 Å². The lowest BCUT2D eigenvalue weighted by molar-refractivity contribution is 0.466. The first-order chi connectivity index (χ1) is 33.9. The first-order valence-electron chi connectivity index (χ1n) is 26.8. The van der Waals surface area contributed by atoms with Gasteiger partial charge in [-0.3, -0.25) is 9.55 Å². The Kier molecular flexibility index (Phi) is 9.39. The molecule has 0 saturated carbocycles. The van der Waals surface area contributed by atoms with E-state index in [0.717, 1.165) is 55.6 Å². The normalized spacial score (nSPS) is 14.4. The molecule has 6 aromatic carbocycles. The molecule has 0 saturated heterocycles. The molecule has 0 aliphatic carbocycles. The maximum atomic E-state index is 12.4. The number of aromatic nitrogens is 3. The number of fused-ring (bicyclic) bond motifs is 1. The van der Waals surface area contributed by atoms with Crippen LogP contribution < -0.4 is 0 Å². The second kappa shape index (κ2) is 16.9. The van der Waals surface area contributed by atoms with Crippen LogP contribution in [0.25, 0.3) is 72.7 Å². The number of aromatic hydroxyl groups is 1.